The van der Waals surface area contributed by atoms with E-state index in [4.69, 9.17) is 4.84 Å². The van der Waals surface area contributed by atoms with Crippen molar-refractivity contribution in [1.82, 2.24) is 5.48 Å². The van der Waals surface area contributed by atoms with E-state index in [-0.39, 0.29) is 5.97 Å². The molecule has 4 nitrogen and oxygen atoms in total. The molecule has 4 heteroatoms. The minimum atomic E-state index is -0.175. The van der Waals surface area contributed by atoms with Gasteiger partial charge >= 0.3 is 5.97 Å². The van der Waals surface area contributed by atoms with Crippen molar-refractivity contribution in [1.29, 1.82) is 0 Å². The largest absolute Gasteiger partial charge is 0.469 e. The highest BCUT2D eigenvalue weighted by Gasteiger charge is 1.98. The predicted molar refractivity (Wildman–Crippen MR) is 50.0 cm³/mol. The van der Waals surface area contributed by atoms with Gasteiger partial charge in [-0.1, -0.05) is 13.8 Å². The highest BCUT2D eigenvalue weighted by Crippen LogP contribution is 1.92. The van der Waals surface area contributed by atoms with Gasteiger partial charge in [-0.3, -0.25) is 4.79 Å². The quantitative estimate of drug-likeness (QED) is 0.370. The smallest absolute Gasteiger partial charge is 0.305 e. The molecule has 0 aromatic rings. The van der Waals surface area contributed by atoms with Crippen LogP contribution in [0.4, 0.5) is 0 Å². The third-order valence-electron chi connectivity index (χ3n) is 1.41. The third-order valence-corrected chi connectivity index (χ3v) is 1.41. The molecule has 0 aliphatic carbocycles. The Hall–Kier alpha value is -0.610. The summed E-state index contributed by atoms with van der Waals surface area (Å²) in [5.41, 5.74) is 2.79. The van der Waals surface area contributed by atoms with Crippen molar-refractivity contribution < 1.29 is 14.4 Å². The first-order valence-corrected chi connectivity index (χ1v) is 4.58. The van der Waals surface area contributed by atoms with Crippen LogP contribution in [0.15, 0.2) is 0 Å². The van der Waals surface area contributed by atoms with Crippen molar-refractivity contribution in [3.05, 3.63) is 0 Å². The molecule has 1 N–H and O–H groups in total. The zero-order valence-corrected chi connectivity index (χ0v) is 8.63. The van der Waals surface area contributed by atoms with E-state index in [0.717, 1.165) is 6.42 Å². The predicted octanol–water partition coefficient (Wildman–Crippen LogP) is 1.12. The molecule has 0 aromatic heterocycles. The molecule has 0 unspecified atom stereocenters. The maximum Gasteiger partial charge on any atom is 0.305 e. The Labute approximate surface area is 79.6 Å². The molecule has 78 valence electrons. The van der Waals surface area contributed by atoms with Gasteiger partial charge in [-0.2, -0.15) is 0 Å². The summed E-state index contributed by atoms with van der Waals surface area (Å²) in [5, 5.41) is 0. The average Bonchev–Trinajstić information content (AvgIpc) is 2.10. The van der Waals surface area contributed by atoms with E-state index < -0.39 is 0 Å². The van der Waals surface area contributed by atoms with Crippen LogP contribution in [0.25, 0.3) is 0 Å². The minimum Gasteiger partial charge on any atom is -0.469 e. The topological polar surface area (TPSA) is 47.6 Å². The van der Waals surface area contributed by atoms with E-state index in [9.17, 15) is 4.79 Å². The van der Waals surface area contributed by atoms with Gasteiger partial charge < -0.3 is 9.57 Å². The fourth-order valence-electron chi connectivity index (χ4n) is 0.705. The molecule has 0 aromatic carbocycles. The fraction of sp³-hybridized carbons (Fsp3) is 0.889. The normalized spacial score (nSPS) is 10.5. The first kappa shape index (κ1) is 12.4. The van der Waals surface area contributed by atoms with E-state index in [1.807, 2.05) is 0 Å². The van der Waals surface area contributed by atoms with E-state index in [1.54, 1.807) is 0 Å². The summed E-state index contributed by atoms with van der Waals surface area (Å²) in [4.78, 5) is 15.8. The summed E-state index contributed by atoms with van der Waals surface area (Å²) in [5.74, 6) is 0.346. The summed E-state index contributed by atoms with van der Waals surface area (Å²) < 4.78 is 4.49. The fourth-order valence-corrected chi connectivity index (χ4v) is 0.705. The Morgan fingerprint density at radius 1 is 1.46 bits per heavy atom. The number of hydrogen-bond donors (Lipinski definition) is 1. The van der Waals surface area contributed by atoms with Gasteiger partial charge in [0.25, 0.3) is 0 Å². The highest BCUT2D eigenvalue weighted by molar-refractivity contribution is 5.68. The summed E-state index contributed by atoms with van der Waals surface area (Å²) in [6, 6.07) is 0. The molecule has 0 atom stereocenters. The van der Waals surface area contributed by atoms with Crippen molar-refractivity contribution in [2.45, 2.75) is 26.7 Å². The molecule has 0 bridgehead atoms. The number of methoxy groups -OCH3 is 1. The Morgan fingerprint density at radius 2 is 2.15 bits per heavy atom. The zero-order chi connectivity index (χ0) is 10.1. The van der Waals surface area contributed by atoms with Crippen LogP contribution in [0, 0.1) is 5.92 Å². The lowest BCUT2D eigenvalue weighted by atomic mass is 10.2. The van der Waals surface area contributed by atoms with Crippen LogP contribution in [0.5, 0.6) is 0 Å². The Bertz CT molecular complexity index is 137. The average molecular weight is 189 g/mol. The number of nitrogens with one attached hydrogen (secondary N) is 1. The number of carbonyl (C=O) groups excluding carboxylic acids is 1. The first-order chi connectivity index (χ1) is 6.16. The molecule has 0 amide bonds. The van der Waals surface area contributed by atoms with Crippen LogP contribution in [0.1, 0.15) is 26.7 Å². The SMILES string of the molecule is COC(=O)CCCNOCC(C)C. The van der Waals surface area contributed by atoms with Crippen LogP contribution in [0.3, 0.4) is 0 Å². The summed E-state index contributed by atoms with van der Waals surface area (Å²) >= 11 is 0. The Balaban J connectivity index is 3.04. The molecular formula is C9H19NO3. The van der Waals surface area contributed by atoms with E-state index in [1.165, 1.54) is 7.11 Å². The highest BCUT2D eigenvalue weighted by atomic mass is 16.6. The number of carbonyl (C=O) groups is 1. The van der Waals surface area contributed by atoms with E-state index in [0.29, 0.717) is 25.5 Å². The number of hydrogen-bond acceptors (Lipinski definition) is 4. The van der Waals surface area contributed by atoms with Crippen molar-refractivity contribution >= 4 is 5.97 Å². The van der Waals surface area contributed by atoms with Crippen LogP contribution >= 0.6 is 0 Å². The van der Waals surface area contributed by atoms with Gasteiger partial charge in [-0.15, -0.1) is 0 Å². The van der Waals surface area contributed by atoms with Crippen LogP contribution in [-0.4, -0.2) is 26.2 Å². The zero-order valence-electron chi connectivity index (χ0n) is 8.63. The molecule has 0 saturated carbocycles. The second-order valence-electron chi connectivity index (χ2n) is 3.28. The lowest BCUT2D eigenvalue weighted by molar-refractivity contribution is -0.140. The van der Waals surface area contributed by atoms with Gasteiger partial charge in [0.05, 0.1) is 13.7 Å². The van der Waals surface area contributed by atoms with Crippen LogP contribution in [0.2, 0.25) is 0 Å². The van der Waals surface area contributed by atoms with Crippen molar-refractivity contribution in [3.8, 4) is 0 Å². The number of ether oxygens (including phenoxy) is 1. The van der Waals surface area contributed by atoms with E-state index in [2.05, 4.69) is 24.1 Å². The van der Waals surface area contributed by atoms with Crippen molar-refractivity contribution in [2.24, 2.45) is 5.92 Å². The summed E-state index contributed by atoms with van der Waals surface area (Å²) in [7, 11) is 1.39. The standard InChI is InChI=1S/C9H19NO3/c1-8(2)7-13-10-6-4-5-9(11)12-3/h8,10H,4-7H2,1-3H3. The first-order valence-electron chi connectivity index (χ1n) is 4.58. The second kappa shape index (κ2) is 8.01. The monoisotopic (exact) mass is 189 g/mol. The van der Waals surface area contributed by atoms with Gasteiger partial charge in [-0.05, 0) is 12.3 Å². The number of hydroxylamine groups is 1. The number of esters is 1. The summed E-state index contributed by atoms with van der Waals surface area (Å²) in [6.07, 6.45) is 1.18. The lowest BCUT2D eigenvalue weighted by Crippen LogP contribution is -2.19. The minimum absolute atomic E-state index is 0.175. The van der Waals surface area contributed by atoms with Gasteiger partial charge in [0.15, 0.2) is 0 Å². The van der Waals surface area contributed by atoms with Gasteiger partial charge in [0, 0.05) is 13.0 Å². The van der Waals surface area contributed by atoms with Gasteiger partial charge in [0.2, 0.25) is 0 Å². The molecule has 0 fully saturated rings. The van der Waals surface area contributed by atoms with Gasteiger partial charge in [0.1, 0.15) is 0 Å². The van der Waals surface area contributed by atoms with Crippen molar-refractivity contribution in [3.63, 3.8) is 0 Å². The molecule has 0 rings (SSSR count). The molecule has 13 heavy (non-hydrogen) atoms. The Kier molecular flexibility index (Phi) is 7.63. The maximum atomic E-state index is 10.7. The molecule has 0 radical (unpaired) electrons. The van der Waals surface area contributed by atoms with Crippen LogP contribution in [-0.2, 0) is 14.4 Å². The molecule has 0 heterocycles. The molecule has 0 saturated heterocycles. The number of rotatable bonds is 7. The van der Waals surface area contributed by atoms with Crippen molar-refractivity contribution in [2.75, 3.05) is 20.3 Å². The van der Waals surface area contributed by atoms with Crippen LogP contribution < -0.4 is 5.48 Å². The summed E-state index contributed by atoms with van der Waals surface area (Å²) in [6.45, 7) is 5.53. The molecule has 0 aliphatic rings. The maximum absolute atomic E-state index is 10.7. The van der Waals surface area contributed by atoms with E-state index >= 15 is 0 Å². The third kappa shape index (κ3) is 9.30. The molecular weight excluding hydrogens is 170 g/mol. The Morgan fingerprint density at radius 3 is 2.69 bits per heavy atom. The lowest BCUT2D eigenvalue weighted by Gasteiger charge is -2.06. The molecule has 0 aliphatic heterocycles. The second-order valence-corrected chi connectivity index (χ2v) is 3.28. The van der Waals surface area contributed by atoms with Gasteiger partial charge in [-0.25, -0.2) is 5.48 Å². The molecule has 0 spiro atoms.